The van der Waals surface area contributed by atoms with Crippen molar-refractivity contribution in [2.75, 3.05) is 16.9 Å². The maximum atomic E-state index is 12.1. The number of furan rings is 1. The Balaban J connectivity index is 1.57. The molecule has 0 aliphatic rings. The van der Waals surface area contributed by atoms with Crippen LogP contribution in [0.2, 0.25) is 0 Å². The molecule has 0 fully saturated rings. The van der Waals surface area contributed by atoms with Crippen LogP contribution in [0, 0.1) is 6.92 Å². The molecule has 0 aliphatic heterocycles. The number of anilines is 1. The molecule has 0 spiro atoms. The molecule has 1 aromatic carbocycles. The van der Waals surface area contributed by atoms with E-state index in [2.05, 4.69) is 20.3 Å². The number of ether oxygens (including phenoxy) is 1. The van der Waals surface area contributed by atoms with Gasteiger partial charge in [0.15, 0.2) is 5.82 Å². The zero-order chi connectivity index (χ0) is 19.4. The third kappa shape index (κ3) is 4.56. The molecule has 2 heterocycles. The zero-order valence-electron chi connectivity index (χ0n) is 14.1. The van der Waals surface area contributed by atoms with Crippen molar-refractivity contribution < 1.29 is 22.7 Å². The third-order valence-corrected chi connectivity index (χ3v) is 4.40. The van der Waals surface area contributed by atoms with Crippen LogP contribution in [0.3, 0.4) is 0 Å². The highest BCUT2D eigenvalue weighted by Gasteiger charge is 2.16. The van der Waals surface area contributed by atoms with Gasteiger partial charge in [0.1, 0.15) is 11.5 Å². The summed E-state index contributed by atoms with van der Waals surface area (Å²) in [7, 11) is 0. The second-order valence-corrected chi connectivity index (χ2v) is 6.25. The first-order valence-electron chi connectivity index (χ1n) is 7.66. The third-order valence-electron chi connectivity index (χ3n) is 3.46. The van der Waals surface area contributed by atoms with E-state index < -0.39 is 6.61 Å². The van der Waals surface area contributed by atoms with E-state index in [0.29, 0.717) is 28.0 Å². The first kappa shape index (κ1) is 18.7. The van der Waals surface area contributed by atoms with Crippen LogP contribution in [0.1, 0.15) is 5.76 Å². The summed E-state index contributed by atoms with van der Waals surface area (Å²) in [5.74, 6) is 6.80. The molecule has 1 amide bonds. The lowest BCUT2D eigenvalue weighted by Gasteiger charge is -2.07. The summed E-state index contributed by atoms with van der Waals surface area (Å²) in [4.78, 5) is 12.1. The van der Waals surface area contributed by atoms with Gasteiger partial charge in [0.2, 0.25) is 11.1 Å². The van der Waals surface area contributed by atoms with Gasteiger partial charge in [0.05, 0.1) is 17.6 Å². The molecular formula is C16H15F2N5O3S. The molecule has 0 atom stereocenters. The molecule has 3 rings (SSSR count). The van der Waals surface area contributed by atoms with E-state index in [0.717, 1.165) is 11.8 Å². The van der Waals surface area contributed by atoms with Crippen molar-refractivity contribution in [2.45, 2.75) is 18.7 Å². The molecule has 11 heteroatoms. The predicted molar refractivity (Wildman–Crippen MR) is 95.0 cm³/mol. The molecule has 3 aromatic rings. The molecule has 2 aromatic heterocycles. The van der Waals surface area contributed by atoms with E-state index in [9.17, 15) is 13.6 Å². The van der Waals surface area contributed by atoms with Gasteiger partial charge in [0.25, 0.3) is 0 Å². The number of hydrogen-bond donors (Lipinski definition) is 2. The van der Waals surface area contributed by atoms with Crippen molar-refractivity contribution in [1.82, 2.24) is 14.9 Å². The Morgan fingerprint density at radius 3 is 2.70 bits per heavy atom. The van der Waals surface area contributed by atoms with Crippen molar-refractivity contribution in [2.24, 2.45) is 0 Å². The van der Waals surface area contributed by atoms with E-state index in [-0.39, 0.29) is 17.4 Å². The van der Waals surface area contributed by atoms with Crippen LogP contribution in [0.4, 0.5) is 14.5 Å². The number of benzene rings is 1. The molecule has 8 nitrogen and oxygen atoms in total. The number of thioether (sulfide) groups is 1. The van der Waals surface area contributed by atoms with Gasteiger partial charge in [-0.25, -0.2) is 4.68 Å². The summed E-state index contributed by atoms with van der Waals surface area (Å²) >= 11 is 1.11. The van der Waals surface area contributed by atoms with Gasteiger partial charge in [-0.1, -0.05) is 11.8 Å². The first-order chi connectivity index (χ1) is 12.9. The predicted octanol–water partition coefficient (Wildman–Crippen LogP) is 2.89. The van der Waals surface area contributed by atoms with E-state index in [1.807, 2.05) is 0 Å². The summed E-state index contributed by atoms with van der Waals surface area (Å²) in [5.41, 5.74) is 1.17. The molecule has 0 unspecified atom stereocenters. The Kier molecular flexibility index (Phi) is 5.60. The first-order valence-corrected chi connectivity index (χ1v) is 8.65. The normalized spacial score (nSPS) is 11.0. The van der Waals surface area contributed by atoms with Crippen LogP contribution in [0.5, 0.6) is 5.75 Å². The fraction of sp³-hybridized carbons (Fsp3) is 0.188. The number of carbonyl (C=O) groups is 1. The number of aryl methyl sites for hydroxylation is 1. The summed E-state index contributed by atoms with van der Waals surface area (Å²) in [6.07, 6.45) is 1.53. The maximum Gasteiger partial charge on any atom is 0.387 e. The number of nitrogen functional groups attached to an aromatic ring is 1. The summed E-state index contributed by atoms with van der Waals surface area (Å²) in [5, 5.41) is 11.0. The lowest BCUT2D eigenvalue weighted by atomic mass is 10.2. The molecule has 3 N–H and O–H groups in total. The topological polar surface area (TPSA) is 108 Å². The molecule has 0 radical (unpaired) electrons. The number of halogens is 2. The number of amides is 1. The Hall–Kier alpha value is -3.08. The number of hydrogen-bond acceptors (Lipinski definition) is 7. The van der Waals surface area contributed by atoms with Crippen LogP contribution in [0.25, 0.3) is 11.4 Å². The fourth-order valence-electron chi connectivity index (χ4n) is 2.22. The van der Waals surface area contributed by atoms with Gasteiger partial charge in [-0.2, -0.15) is 8.78 Å². The molecule has 0 saturated heterocycles. The van der Waals surface area contributed by atoms with Crippen LogP contribution in [0.15, 0.2) is 46.2 Å². The van der Waals surface area contributed by atoms with Gasteiger partial charge >= 0.3 is 6.61 Å². The van der Waals surface area contributed by atoms with E-state index >= 15 is 0 Å². The van der Waals surface area contributed by atoms with Crippen LogP contribution < -0.4 is 15.9 Å². The van der Waals surface area contributed by atoms with Gasteiger partial charge in [-0.05, 0) is 37.3 Å². The maximum absolute atomic E-state index is 12.1. The Bertz CT molecular complexity index is 927. The Labute approximate surface area is 156 Å². The van der Waals surface area contributed by atoms with Crippen molar-refractivity contribution in [1.29, 1.82) is 0 Å². The molecular weight excluding hydrogens is 380 g/mol. The lowest BCUT2D eigenvalue weighted by Crippen LogP contribution is -2.16. The highest BCUT2D eigenvalue weighted by atomic mass is 32.2. The van der Waals surface area contributed by atoms with Crippen molar-refractivity contribution in [3.8, 4) is 17.1 Å². The number of rotatable bonds is 7. The average molecular weight is 395 g/mol. The fourth-order valence-corrected chi connectivity index (χ4v) is 2.88. The Morgan fingerprint density at radius 2 is 2.07 bits per heavy atom. The second-order valence-electron chi connectivity index (χ2n) is 5.31. The van der Waals surface area contributed by atoms with Gasteiger partial charge in [-0.15, -0.1) is 10.2 Å². The molecule has 27 heavy (non-hydrogen) atoms. The largest absolute Gasteiger partial charge is 0.469 e. The van der Waals surface area contributed by atoms with E-state index in [1.165, 1.54) is 35.2 Å². The highest BCUT2D eigenvalue weighted by molar-refractivity contribution is 7.99. The van der Waals surface area contributed by atoms with Gasteiger partial charge < -0.3 is 20.3 Å². The monoisotopic (exact) mass is 395 g/mol. The standard InChI is InChI=1S/C16H15F2N5O3S/c1-9-12(6-7-25-9)14-21-22-16(23(14)19)27-8-13(24)20-10-2-4-11(5-3-10)26-15(17)18/h2-7,15H,8,19H2,1H3,(H,20,24). The number of nitrogens with one attached hydrogen (secondary N) is 1. The van der Waals surface area contributed by atoms with E-state index in [1.54, 1.807) is 13.0 Å². The highest BCUT2D eigenvalue weighted by Crippen LogP contribution is 2.25. The number of carbonyl (C=O) groups excluding carboxylic acids is 1. The summed E-state index contributed by atoms with van der Waals surface area (Å²) in [6.45, 7) is -1.12. The SMILES string of the molecule is Cc1occc1-c1nnc(SCC(=O)Nc2ccc(OC(F)F)cc2)n1N. The molecule has 142 valence electrons. The van der Waals surface area contributed by atoms with Crippen molar-refractivity contribution in [3.63, 3.8) is 0 Å². The van der Waals surface area contributed by atoms with Gasteiger partial charge in [-0.3, -0.25) is 4.79 Å². The van der Waals surface area contributed by atoms with E-state index in [4.69, 9.17) is 10.3 Å². The summed E-state index contributed by atoms with van der Waals surface area (Å²) in [6, 6.07) is 7.33. The molecule has 0 bridgehead atoms. The van der Waals surface area contributed by atoms with Crippen LogP contribution in [-0.4, -0.2) is 33.1 Å². The van der Waals surface area contributed by atoms with Crippen molar-refractivity contribution in [3.05, 3.63) is 42.4 Å². The number of nitrogens with two attached hydrogens (primary N) is 1. The lowest BCUT2D eigenvalue weighted by molar-refractivity contribution is -0.113. The average Bonchev–Trinajstić information content (AvgIpc) is 3.20. The molecule has 0 saturated carbocycles. The quantitative estimate of drug-likeness (QED) is 0.468. The van der Waals surface area contributed by atoms with Crippen LogP contribution in [-0.2, 0) is 4.79 Å². The zero-order valence-corrected chi connectivity index (χ0v) is 14.9. The minimum Gasteiger partial charge on any atom is -0.469 e. The Morgan fingerprint density at radius 1 is 1.33 bits per heavy atom. The minimum atomic E-state index is -2.90. The smallest absolute Gasteiger partial charge is 0.387 e. The number of alkyl halides is 2. The molecule has 0 aliphatic carbocycles. The minimum absolute atomic E-state index is 0.00989. The van der Waals surface area contributed by atoms with Crippen molar-refractivity contribution >= 4 is 23.4 Å². The number of aromatic nitrogens is 3. The van der Waals surface area contributed by atoms with Gasteiger partial charge in [0, 0.05) is 5.69 Å². The van der Waals surface area contributed by atoms with Crippen LogP contribution >= 0.6 is 11.8 Å². The number of nitrogens with zero attached hydrogens (tertiary/aromatic N) is 3. The summed E-state index contributed by atoms with van der Waals surface area (Å²) < 4.78 is 35.0. The second kappa shape index (κ2) is 8.08.